The van der Waals surface area contributed by atoms with E-state index < -0.39 is 11.6 Å². The predicted molar refractivity (Wildman–Crippen MR) is 59.9 cm³/mol. The third-order valence-corrected chi connectivity index (χ3v) is 2.29. The molecule has 0 saturated carbocycles. The topological polar surface area (TPSA) is 38.3 Å². The van der Waals surface area contributed by atoms with Gasteiger partial charge in [-0.3, -0.25) is 4.79 Å². The maximum absolute atomic E-state index is 13.4. The van der Waals surface area contributed by atoms with Crippen molar-refractivity contribution in [1.29, 1.82) is 0 Å². The normalized spacial score (nSPS) is 10.4. The number of nitrogens with one attached hydrogen (secondary N) is 1. The molecule has 0 aliphatic heterocycles. The maximum atomic E-state index is 13.4. The average Bonchev–Trinajstić information content (AvgIpc) is 2.28. The van der Waals surface area contributed by atoms with Gasteiger partial charge >= 0.3 is 0 Å². The summed E-state index contributed by atoms with van der Waals surface area (Å²) in [4.78, 5) is 10.7. The second-order valence-corrected chi connectivity index (χ2v) is 3.71. The van der Waals surface area contributed by atoms with E-state index in [2.05, 4.69) is 10.1 Å². The Bertz CT molecular complexity index is 408. The van der Waals surface area contributed by atoms with E-state index in [1.54, 1.807) is 0 Å². The van der Waals surface area contributed by atoms with Crippen LogP contribution in [0.4, 0.5) is 8.78 Å². The summed E-state index contributed by atoms with van der Waals surface area (Å²) in [7, 11) is 1.28. The minimum absolute atomic E-state index is 0.0545. The molecule has 94 valence electrons. The minimum Gasteiger partial charge on any atom is -0.494 e. The number of hydrogen-bond acceptors (Lipinski definition) is 3. The fourth-order valence-electron chi connectivity index (χ4n) is 1.35. The fraction of sp³-hybridized carbons (Fsp3) is 0.417. The highest BCUT2D eigenvalue weighted by molar-refractivity contribution is 5.75. The second-order valence-electron chi connectivity index (χ2n) is 3.71. The smallest absolute Gasteiger partial charge is 0.165 e. The third-order valence-electron chi connectivity index (χ3n) is 2.29. The Morgan fingerprint density at radius 3 is 2.65 bits per heavy atom. The lowest BCUT2D eigenvalue weighted by Gasteiger charge is -2.08. The molecule has 1 aromatic rings. The molecule has 0 fully saturated rings. The molecule has 0 unspecified atom stereocenters. The summed E-state index contributed by atoms with van der Waals surface area (Å²) in [6, 6.07) is 2.10. The van der Waals surface area contributed by atoms with Gasteiger partial charge in [0.2, 0.25) is 0 Å². The van der Waals surface area contributed by atoms with E-state index >= 15 is 0 Å². The molecular weight excluding hydrogens is 228 g/mol. The van der Waals surface area contributed by atoms with Crippen LogP contribution in [0.3, 0.4) is 0 Å². The van der Waals surface area contributed by atoms with E-state index in [-0.39, 0.29) is 23.6 Å². The van der Waals surface area contributed by atoms with Crippen LogP contribution in [0.1, 0.15) is 18.9 Å². The Balaban J connectivity index is 2.59. The van der Waals surface area contributed by atoms with E-state index in [0.717, 1.165) is 12.1 Å². The zero-order chi connectivity index (χ0) is 12.8. The average molecular weight is 243 g/mol. The van der Waals surface area contributed by atoms with E-state index in [1.807, 2.05) is 0 Å². The molecule has 0 heterocycles. The van der Waals surface area contributed by atoms with Crippen LogP contribution in [-0.2, 0) is 11.3 Å². The maximum Gasteiger partial charge on any atom is 0.165 e. The molecule has 17 heavy (non-hydrogen) atoms. The summed E-state index contributed by atoms with van der Waals surface area (Å²) in [5.74, 6) is -1.19. The quantitative estimate of drug-likeness (QED) is 0.777. The molecule has 0 radical (unpaired) electrons. The Morgan fingerprint density at radius 1 is 1.35 bits per heavy atom. The number of methoxy groups -OCH3 is 1. The number of halogens is 2. The lowest BCUT2D eigenvalue weighted by molar-refractivity contribution is -0.116. The molecule has 5 heteroatoms. The molecular formula is C12H15F2NO2. The molecule has 1 rings (SSSR count). The number of ketones is 1. The van der Waals surface area contributed by atoms with Crippen molar-refractivity contribution >= 4 is 5.78 Å². The van der Waals surface area contributed by atoms with Gasteiger partial charge in [0.05, 0.1) is 7.11 Å². The van der Waals surface area contributed by atoms with Crippen molar-refractivity contribution in [3.63, 3.8) is 0 Å². The van der Waals surface area contributed by atoms with Crippen LogP contribution in [0.25, 0.3) is 0 Å². The van der Waals surface area contributed by atoms with Crippen LogP contribution in [0.5, 0.6) is 5.75 Å². The van der Waals surface area contributed by atoms with E-state index in [4.69, 9.17) is 0 Å². The summed E-state index contributed by atoms with van der Waals surface area (Å²) >= 11 is 0. The van der Waals surface area contributed by atoms with Crippen LogP contribution in [0.2, 0.25) is 0 Å². The zero-order valence-corrected chi connectivity index (χ0v) is 9.85. The van der Waals surface area contributed by atoms with Crippen molar-refractivity contribution in [3.8, 4) is 5.75 Å². The van der Waals surface area contributed by atoms with Gasteiger partial charge in [0.15, 0.2) is 11.6 Å². The van der Waals surface area contributed by atoms with Crippen molar-refractivity contribution in [2.24, 2.45) is 0 Å². The second kappa shape index (κ2) is 6.30. The number of carbonyl (C=O) groups excluding carboxylic acids is 1. The SMILES string of the molecule is COc1cc(F)c(CNCCC(C)=O)cc1F. The summed E-state index contributed by atoms with van der Waals surface area (Å²) in [5.41, 5.74) is 0.215. The molecule has 0 aliphatic rings. The first kappa shape index (κ1) is 13.6. The molecule has 0 spiro atoms. The van der Waals surface area contributed by atoms with Crippen molar-refractivity contribution < 1.29 is 18.3 Å². The lowest BCUT2D eigenvalue weighted by atomic mass is 10.2. The number of benzene rings is 1. The largest absolute Gasteiger partial charge is 0.494 e. The molecule has 0 aliphatic carbocycles. The van der Waals surface area contributed by atoms with E-state index in [1.165, 1.54) is 14.0 Å². The van der Waals surface area contributed by atoms with Crippen LogP contribution in [0.15, 0.2) is 12.1 Å². The van der Waals surface area contributed by atoms with Crippen LogP contribution in [0, 0.1) is 11.6 Å². The molecule has 3 nitrogen and oxygen atoms in total. The van der Waals surface area contributed by atoms with Gasteiger partial charge in [-0.2, -0.15) is 0 Å². The fourth-order valence-corrected chi connectivity index (χ4v) is 1.35. The molecule has 0 aromatic heterocycles. The Hall–Kier alpha value is -1.49. The van der Waals surface area contributed by atoms with Crippen LogP contribution >= 0.6 is 0 Å². The van der Waals surface area contributed by atoms with E-state index in [9.17, 15) is 13.6 Å². The molecule has 0 saturated heterocycles. The highest BCUT2D eigenvalue weighted by atomic mass is 19.1. The minimum atomic E-state index is -0.600. The Kier molecular flexibility index (Phi) is 5.03. The van der Waals surface area contributed by atoms with Gasteiger partial charge in [0, 0.05) is 31.1 Å². The lowest BCUT2D eigenvalue weighted by Crippen LogP contribution is -2.17. The first-order chi connectivity index (χ1) is 8.04. The summed E-state index contributed by atoms with van der Waals surface area (Å²) in [6.07, 6.45) is 0.375. The van der Waals surface area contributed by atoms with Crippen LogP contribution < -0.4 is 10.1 Å². The molecule has 0 amide bonds. The number of hydrogen-bond donors (Lipinski definition) is 1. The number of Topliss-reactive ketones (excluding diaryl/α,β-unsaturated/α-hetero) is 1. The van der Waals surface area contributed by atoms with Gasteiger partial charge < -0.3 is 10.1 Å². The zero-order valence-electron chi connectivity index (χ0n) is 9.85. The molecule has 0 atom stereocenters. The van der Waals surface area contributed by atoms with Crippen molar-refractivity contribution in [2.75, 3.05) is 13.7 Å². The molecule has 0 bridgehead atoms. The van der Waals surface area contributed by atoms with Crippen molar-refractivity contribution in [2.45, 2.75) is 19.9 Å². The van der Waals surface area contributed by atoms with Crippen molar-refractivity contribution in [1.82, 2.24) is 5.32 Å². The Morgan fingerprint density at radius 2 is 2.06 bits per heavy atom. The van der Waals surface area contributed by atoms with E-state index in [0.29, 0.717) is 13.0 Å². The standard InChI is InChI=1S/C12H15F2NO2/c1-8(16)3-4-15-7-9-5-11(14)12(17-2)6-10(9)13/h5-6,15H,3-4,7H2,1-2H3. The van der Waals surface area contributed by atoms with Crippen molar-refractivity contribution in [3.05, 3.63) is 29.3 Å². The van der Waals surface area contributed by atoms with Gasteiger partial charge in [0.1, 0.15) is 11.6 Å². The van der Waals surface area contributed by atoms with Gasteiger partial charge in [-0.25, -0.2) is 8.78 Å². The Labute approximate surface area is 98.8 Å². The van der Waals surface area contributed by atoms with Gasteiger partial charge in [0.25, 0.3) is 0 Å². The van der Waals surface area contributed by atoms with Crippen LogP contribution in [-0.4, -0.2) is 19.4 Å². The highest BCUT2D eigenvalue weighted by Gasteiger charge is 2.09. The summed E-state index contributed by atoms with van der Waals surface area (Å²) in [5, 5.41) is 2.87. The first-order valence-electron chi connectivity index (χ1n) is 5.26. The summed E-state index contributed by atoms with van der Waals surface area (Å²) in [6.45, 7) is 2.11. The number of ether oxygens (including phenoxy) is 1. The number of rotatable bonds is 6. The molecule has 1 aromatic carbocycles. The van der Waals surface area contributed by atoms with Gasteiger partial charge in [-0.15, -0.1) is 0 Å². The highest BCUT2D eigenvalue weighted by Crippen LogP contribution is 2.20. The van der Waals surface area contributed by atoms with Gasteiger partial charge in [-0.1, -0.05) is 0 Å². The monoisotopic (exact) mass is 243 g/mol. The summed E-state index contributed by atoms with van der Waals surface area (Å²) < 4.78 is 31.4. The third kappa shape index (κ3) is 4.11. The first-order valence-corrected chi connectivity index (χ1v) is 5.26. The predicted octanol–water partition coefficient (Wildman–Crippen LogP) is 2.04. The molecule has 1 N–H and O–H groups in total. The van der Waals surface area contributed by atoms with Gasteiger partial charge in [-0.05, 0) is 13.0 Å². The number of carbonyl (C=O) groups is 1.